The van der Waals surface area contributed by atoms with E-state index >= 15 is 0 Å². The van der Waals surface area contributed by atoms with Crippen molar-refractivity contribution >= 4 is 5.69 Å². The quantitative estimate of drug-likeness (QED) is 0.863. The number of nitrogens with one attached hydrogen (secondary N) is 2. The van der Waals surface area contributed by atoms with Gasteiger partial charge in [-0.25, -0.2) is 0 Å². The van der Waals surface area contributed by atoms with Gasteiger partial charge in [0.15, 0.2) is 0 Å². The van der Waals surface area contributed by atoms with Gasteiger partial charge in [0, 0.05) is 11.9 Å². The Kier molecular flexibility index (Phi) is 3.68. The van der Waals surface area contributed by atoms with E-state index in [9.17, 15) is 0 Å². The van der Waals surface area contributed by atoms with Gasteiger partial charge in [0.05, 0.1) is 18.3 Å². The molecule has 0 radical (unpaired) electrons. The van der Waals surface area contributed by atoms with Crippen LogP contribution in [0.15, 0.2) is 36.5 Å². The van der Waals surface area contributed by atoms with Gasteiger partial charge in [0.2, 0.25) is 0 Å². The molecule has 3 rings (SSSR count). The van der Waals surface area contributed by atoms with Crippen LogP contribution in [0.1, 0.15) is 31.4 Å². The number of aromatic nitrogens is 2. The molecule has 0 aliphatic heterocycles. The summed E-state index contributed by atoms with van der Waals surface area (Å²) >= 11 is 0. The maximum absolute atomic E-state index is 5.94. The lowest BCUT2D eigenvalue weighted by Gasteiger charge is -2.13. The highest BCUT2D eigenvalue weighted by molar-refractivity contribution is 5.46. The molecule has 1 aromatic heterocycles. The molecule has 2 N–H and O–H groups in total. The maximum Gasteiger partial charge on any atom is 0.119 e. The number of ether oxygens (including phenoxy) is 1. The van der Waals surface area contributed by atoms with E-state index in [4.69, 9.17) is 4.74 Å². The summed E-state index contributed by atoms with van der Waals surface area (Å²) in [6.07, 6.45) is 7.17. The molecule has 1 heterocycles. The van der Waals surface area contributed by atoms with Crippen molar-refractivity contribution in [1.29, 1.82) is 0 Å². The Morgan fingerprint density at radius 1 is 1.16 bits per heavy atom. The summed E-state index contributed by atoms with van der Waals surface area (Å²) in [5.41, 5.74) is 2.17. The molecule has 4 heteroatoms. The third-order valence-corrected chi connectivity index (χ3v) is 3.50. The zero-order valence-corrected chi connectivity index (χ0v) is 10.9. The molecular formula is C15H19N3O. The molecule has 0 saturated heterocycles. The second-order valence-corrected chi connectivity index (χ2v) is 4.98. The lowest BCUT2D eigenvalue weighted by atomic mass is 10.2. The summed E-state index contributed by atoms with van der Waals surface area (Å²) in [5.74, 6) is 0.971. The normalized spacial score (nSPS) is 15.6. The second-order valence-electron chi connectivity index (χ2n) is 4.98. The molecule has 4 nitrogen and oxygen atoms in total. The van der Waals surface area contributed by atoms with Crippen LogP contribution >= 0.6 is 0 Å². The number of nitrogens with zero attached hydrogens (tertiary/aromatic N) is 1. The molecule has 100 valence electrons. The van der Waals surface area contributed by atoms with Gasteiger partial charge in [-0.05, 0) is 56.0 Å². The highest BCUT2D eigenvalue weighted by Gasteiger charge is 2.16. The molecular weight excluding hydrogens is 238 g/mol. The fourth-order valence-corrected chi connectivity index (χ4v) is 2.43. The Balaban J connectivity index is 1.53. The minimum Gasteiger partial charge on any atom is -0.490 e. The fraction of sp³-hybridized carbons (Fsp3) is 0.400. The molecule has 19 heavy (non-hydrogen) atoms. The first kappa shape index (κ1) is 12.1. The van der Waals surface area contributed by atoms with Gasteiger partial charge in [-0.3, -0.25) is 5.10 Å². The van der Waals surface area contributed by atoms with Crippen LogP contribution in [0.4, 0.5) is 5.69 Å². The Bertz CT molecular complexity index is 487. The lowest BCUT2D eigenvalue weighted by molar-refractivity contribution is 0.210. The van der Waals surface area contributed by atoms with Gasteiger partial charge in [0.25, 0.3) is 0 Å². The predicted molar refractivity (Wildman–Crippen MR) is 75.2 cm³/mol. The van der Waals surface area contributed by atoms with Crippen LogP contribution in [0, 0.1) is 0 Å². The topological polar surface area (TPSA) is 49.9 Å². The number of aromatic amines is 1. The van der Waals surface area contributed by atoms with Gasteiger partial charge in [0.1, 0.15) is 5.75 Å². The van der Waals surface area contributed by atoms with E-state index < -0.39 is 0 Å². The molecule has 0 bridgehead atoms. The summed E-state index contributed by atoms with van der Waals surface area (Å²) in [5, 5.41) is 10.2. The SMILES string of the molecule is c1cc(CNc2ccc(OC3CCCC3)cc2)[nH]n1. The average molecular weight is 257 g/mol. The Morgan fingerprint density at radius 3 is 2.63 bits per heavy atom. The average Bonchev–Trinajstić information content (AvgIpc) is 3.11. The van der Waals surface area contributed by atoms with E-state index in [1.807, 2.05) is 18.2 Å². The van der Waals surface area contributed by atoms with Gasteiger partial charge in [-0.2, -0.15) is 5.10 Å². The summed E-state index contributed by atoms with van der Waals surface area (Å²) in [4.78, 5) is 0. The Morgan fingerprint density at radius 2 is 1.95 bits per heavy atom. The molecule has 2 aromatic rings. The number of hydrogen-bond donors (Lipinski definition) is 2. The van der Waals surface area contributed by atoms with E-state index in [1.165, 1.54) is 25.7 Å². The lowest BCUT2D eigenvalue weighted by Crippen LogP contribution is -2.10. The summed E-state index contributed by atoms with van der Waals surface area (Å²) in [6.45, 7) is 0.753. The van der Waals surface area contributed by atoms with Gasteiger partial charge < -0.3 is 10.1 Å². The molecule has 0 amide bonds. The van der Waals surface area contributed by atoms with Crippen molar-refractivity contribution in [3.8, 4) is 5.75 Å². The number of rotatable bonds is 5. The monoisotopic (exact) mass is 257 g/mol. The van der Waals surface area contributed by atoms with Crippen molar-refractivity contribution in [2.24, 2.45) is 0 Å². The number of hydrogen-bond acceptors (Lipinski definition) is 3. The van der Waals surface area contributed by atoms with E-state index in [0.717, 1.165) is 23.7 Å². The van der Waals surface area contributed by atoms with Crippen molar-refractivity contribution in [1.82, 2.24) is 10.2 Å². The van der Waals surface area contributed by atoms with Crippen molar-refractivity contribution in [2.45, 2.75) is 38.3 Å². The minimum atomic E-state index is 0.420. The van der Waals surface area contributed by atoms with Crippen LogP contribution < -0.4 is 10.1 Å². The van der Waals surface area contributed by atoms with Crippen molar-refractivity contribution in [2.75, 3.05) is 5.32 Å². The molecule has 1 aliphatic carbocycles. The molecule has 1 aliphatic rings. The van der Waals surface area contributed by atoms with Crippen LogP contribution in [0.5, 0.6) is 5.75 Å². The number of benzene rings is 1. The highest BCUT2D eigenvalue weighted by Crippen LogP contribution is 2.25. The molecule has 1 fully saturated rings. The summed E-state index contributed by atoms with van der Waals surface area (Å²) in [7, 11) is 0. The summed E-state index contributed by atoms with van der Waals surface area (Å²) in [6, 6.07) is 10.1. The van der Waals surface area contributed by atoms with Crippen LogP contribution in [0.25, 0.3) is 0 Å². The van der Waals surface area contributed by atoms with Crippen molar-refractivity contribution < 1.29 is 4.74 Å². The first-order chi connectivity index (χ1) is 9.40. The van der Waals surface area contributed by atoms with E-state index in [0.29, 0.717) is 6.10 Å². The molecule has 0 spiro atoms. The molecule has 1 aromatic carbocycles. The zero-order valence-electron chi connectivity index (χ0n) is 10.9. The van der Waals surface area contributed by atoms with Crippen molar-refractivity contribution in [3.05, 3.63) is 42.2 Å². The Hall–Kier alpha value is -1.97. The largest absolute Gasteiger partial charge is 0.490 e. The third-order valence-electron chi connectivity index (χ3n) is 3.50. The maximum atomic E-state index is 5.94. The van der Waals surface area contributed by atoms with Gasteiger partial charge >= 0.3 is 0 Å². The predicted octanol–water partition coefficient (Wildman–Crippen LogP) is 3.34. The van der Waals surface area contributed by atoms with E-state index in [1.54, 1.807) is 6.20 Å². The number of H-pyrrole nitrogens is 1. The van der Waals surface area contributed by atoms with E-state index in [2.05, 4.69) is 27.6 Å². The van der Waals surface area contributed by atoms with Crippen molar-refractivity contribution in [3.63, 3.8) is 0 Å². The smallest absolute Gasteiger partial charge is 0.119 e. The molecule has 1 saturated carbocycles. The van der Waals surface area contributed by atoms with Crippen LogP contribution in [0.2, 0.25) is 0 Å². The van der Waals surface area contributed by atoms with Crippen LogP contribution in [0.3, 0.4) is 0 Å². The van der Waals surface area contributed by atoms with Crippen LogP contribution in [-0.2, 0) is 6.54 Å². The van der Waals surface area contributed by atoms with Crippen LogP contribution in [-0.4, -0.2) is 16.3 Å². The fourth-order valence-electron chi connectivity index (χ4n) is 2.43. The second kappa shape index (κ2) is 5.78. The summed E-state index contributed by atoms with van der Waals surface area (Å²) < 4.78 is 5.94. The minimum absolute atomic E-state index is 0.420. The van der Waals surface area contributed by atoms with Gasteiger partial charge in [-0.15, -0.1) is 0 Å². The zero-order chi connectivity index (χ0) is 12.9. The first-order valence-electron chi connectivity index (χ1n) is 6.89. The number of anilines is 1. The third kappa shape index (κ3) is 3.28. The highest BCUT2D eigenvalue weighted by atomic mass is 16.5. The standard InChI is InChI=1S/C15H19N3O/c1-2-4-14(3-1)19-15-7-5-12(6-8-15)16-11-13-9-10-17-18-13/h5-10,14,16H,1-4,11H2,(H,17,18). The van der Waals surface area contributed by atoms with Gasteiger partial charge in [-0.1, -0.05) is 0 Å². The van der Waals surface area contributed by atoms with E-state index in [-0.39, 0.29) is 0 Å². The molecule has 0 atom stereocenters. The first-order valence-corrected chi connectivity index (χ1v) is 6.89. The molecule has 0 unspecified atom stereocenters. The Labute approximate surface area is 113 Å².